The standard InChI is InChI=1S/C28H29FN2O/c29-22-8-4-7-21-24-15-30-16-31(24)23(27(21)22)11-25(32)28-12-17-9-19(13-28)26(20(10-17)14-28)18-5-2-1-3-6-18/h1-8,15-17,19-20,23,25-26,32H,9-14H2. The van der Waals surface area contributed by atoms with E-state index in [1.165, 1.54) is 18.4 Å². The molecule has 3 aromatic rings. The molecule has 4 unspecified atom stereocenters. The van der Waals surface area contributed by atoms with Gasteiger partial charge in [-0.3, -0.25) is 0 Å². The van der Waals surface area contributed by atoms with E-state index in [9.17, 15) is 9.50 Å². The van der Waals surface area contributed by atoms with E-state index >= 15 is 0 Å². The molecule has 0 radical (unpaired) electrons. The van der Waals surface area contributed by atoms with Crippen molar-refractivity contribution in [2.45, 2.75) is 56.6 Å². The zero-order valence-corrected chi connectivity index (χ0v) is 18.2. The number of aromatic nitrogens is 2. The minimum atomic E-state index is -0.418. The lowest BCUT2D eigenvalue weighted by atomic mass is 9.44. The molecule has 2 heterocycles. The van der Waals surface area contributed by atoms with Gasteiger partial charge in [-0.25, -0.2) is 9.37 Å². The van der Waals surface area contributed by atoms with Crippen LogP contribution in [0.1, 0.15) is 61.6 Å². The third kappa shape index (κ3) is 2.59. The number of aliphatic hydroxyl groups excluding tert-OH is 1. The van der Waals surface area contributed by atoms with Crippen molar-refractivity contribution in [1.29, 1.82) is 0 Å². The van der Waals surface area contributed by atoms with Crippen LogP contribution in [0.3, 0.4) is 0 Å². The highest BCUT2D eigenvalue weighted by atomic mass is 19.1. The molecule has 8 rings (SSSR count). The molecular weight excluding hydrogens is 399 g/mol. The molecule has 3 nitrogen and oxygen atoms in total. The van der Waals surface area contributed by atoms with Crippen LogP contribution in [0.15, 0.2) is 61.1 Å². The molecular formula is C28H29FN2O. The van der Waals surface area contributed by atoms with E-state index in [2.05, 4.69) is 39.9 Å². The summed E-state index contributed by atoms with van der Waals surface area (Å²) in [7, 11) is 0. The highest BCUT2D eigenvalue weighted by Crippen LogP contribution is 2.66. The summed E-state index contributed by atoms with van der Waals surface area (Å²) in [6, 6.07) is 16.2. The molecule has 4 aliphatic carbocycles. The Hall–Kier alpha value is -2.46. The quantitative estimate of drug-likeness (QED) is 0.557. The van der Waals surface area contributed by atoms with Crippen LogP contribution in [0, 0.1) is 29.0 Å². The normalized spacial score (nSPS) is 35.0. The molecule has 4 fully saturated rings. The van der Waals surface area contributed by atoms with Gasteiger partial charge in [0.15, 0.2) is 0 Å². The minimum Gasteiger partial charge on any atom is -0.392 e. The Morgan fingerprint density at radius 2 is 1.81 bits per heavy atom. The summed E-state index contributed by atoms with van der Waals surface area (Å²) < 4.78 is 17.0. The first-order valence-corrected chi connectivity index (χ1v) is 12.2. The number of imidazole rings is 1. The Labute approximate surface area is 188 Å². The Morgan fingerprint density at radius 1 is 1.03 bits per heavy atom. The number of hydrogen-bond acceptors (Lipinski definition) is 2. The van der Waals surface area contributed by atoms with Gasteiger partial charge in [0.1, 0.15) is 5.82 Å². The number of halogens is 1. The maximum Gasteiger partial charge on any atom is 0.129 e. The average molecular weight is 429 g/mol. The molecule has 1 aliphatic heterocycles. The van der Waals surface area contributed by atoms with Gasteiger partial charge >= 0.3 is 0 Å². The maximum atomic E-state index is 14.9. The van der Waals surface area contributed by atoms with Gasteiger partial charge in [0.2, 0.25) is 0 Å². The summed E-state index contributed by atoms with van der Waals surface area (Å²) in [4.78, 5) is 4.32. The molecule has 0 spiro atoms. The van der Waals surface area contributed by atoms with Gasteiger partial charge in [-0.15, -0.1) is 0 Å². The van der Waals surface area contributed by atoms with Crippen molar-refractivity contribution in [3.05, 3.63) is 78.0 Å². The summed E-state index contributed by atoms with van der Waals surface area (Å²) in [5.74, 6) is 2.53. The van der Waals surface area contributed by atoms with Crippen molar-refractivity contribution in [2.75, 3.05) is 0 Å². The second-order valence-electron chi connectivity index (χ2n) is 10.9. The highest BCUT2D eigenvalue weighted by molar-refractivity contribution is 5.69. The largest absolute Gasteiger partial charge is 0.392 e. The van der Waals surface area contributed by atoms with Gasteiger partial charge in [0, 0.05) is 11.1 Å². The van der Waals surface area contributed by atoms with Gasteiger partial charge in [0.05, 0.1) is 30.4 Å². The molecule has 0 amide bonds. The summed E-state index contributed by atoms with van der Waals surface area (Å²) in [6.45, 7) is 0. The zero-order chi connectivity index (χ0) is 21.4. The fraction of sp³-hybridized carbons (Fsp3) is 0.464. The van der Waals surface area contributed by atoms with Crippen LogP contribution < -0.4 is 0 Å². The third-order valence-corrected chi connectivity index (χ3v) is 9.32. The van der Waals surface area contributed by atoms with Crippen LogP contribution in [0.25, 0.3) is 11.3 Å². The second-order valence-corrected chi connectivity index (χ2v) is 10.9. The molecule has 164 valence electrons. The van der Waals surface area contributed by atoms with E-state index in [0.717, 1.165) is 42.0 Å². The Kier molecular flexibility index (Phi) is 4.03. The van der Waals surface area contributed by atoms with Gasteiger partial charge in [-0.05, 0) is 79.2 Å². The van der Waals surface area contributed by atoms with Gasteiger partial charge in [-0.1, -0.05) is 42.5 Å². The molecule has 4 bridgehead atoms. The van der Waals surface area contributed by atoms with Crippen LogP contribution in [0.4, 0.5) is 4.39 Å². The third-order valence-electron chi connectivity index (χ3n) is 9.32. The Balaban J connectivity index is 1.20. The van der Waals surface area contributed by atoms with E-state index in [0.29, 0.717) is 24.2 Å². The molecule has 0 saturated heterocycles. The summed E-state index contributed by atoms with van der Waals surface area (Å²) in [6.07, 6.45) is 9.72. The number of benzene rings is 2. The highest BCUT2D eigenvalue weighted by Gasteiger charge is 2.58. The molecule has 4 atom stereocenters. The van der Waals surface area contributed by atoms with Crippen LogP contribution in [0.5, 0.6) is 0 Å². The Bertz CT molecular complexity index is 1160. The molecule has 32 heavy (non-hydrogen) atoms. The van der Waals surface area contributed by atoms with Crippen molar-refractivity contribution in [3.63, 3.8) is 0 Å². The fourth-order valence-electron chi connectivity index (χ4n) is 8.41. The topological polar surface area (TPSA) is 38.1 Å². The number of aliphatic hydroxyl groups is 1. The predicted molar refractivity (Wildman–Crippen MR) is 122 cm³/mol. The second kappa shape index (κ2) is 6.77. The monoisotopic (exact) mass is 428 g/mol. The van der Waals surface area contributed by atoms with Crippen molar-refractivity contribution in [3.8, 4) is 11.3 Å². The first kappa shape index (κ1) is 19.0. The zero-order valence-electron chi connectivity index (χ0n) is 18.2. The van der Waals surface area contributed by atoms with Crippen LogP contribution in [-0.4, -0.2) is 20.8 Å². The predicted octanol–water partition coefficient (Wildman–Crippen LogP) is 5.95. The lowest BCUT2D eigenvalue weighted by molar-refractivity contribution is -0.134. The van der Waals surface area contributed by atoms with Crippen molar-refractivity contribution < 1.29 is 9.50 Å². The van der Waals surface area contributed by atoms with Crippen LogP contribution in [-0.2, 0) is 0 Å². The van der Waals surface area contributed by atoms with E-state index in [-0.39, 0.29) is 17.3 Å². The SMILES string of the molecule is OC(CC1c2c(F)cccc2-c2cncn21)C12CC3CC(C1)C(c1ccccc1)C(C3)C2. The molecule has 5 aliphatic rings. The minimum absolute atomic E-state index is 0.0173. The summed E-state index contributed by atoms with van der Waals surface area (Å²) >= 11 is 0. The Morgan fingerprint density at radius 3 is 2.59 bits per heavy atom. The molecule has 4 saturated carbocycles. The number of fused-ring (bicyclic) bond motifs is 3. The summed E-state index contributed by atoms with van der Waals surface area (Å²) in [5, 5.41) is 11.8. The van der Waals surface area contributed by atoms with E-state index in [1.54, 1.807) is 18.5 Å². The molecule has 1 aromatic heterocycles. The van der Waals surface area contributed by atoms with E-state index < -0.39 is 6.10 Å². The van der Waals surface area contributed by atoms with Gasteiger partial charge in [0.25, 0.3) is 0 Å². The first-order valence-electron chi connectivity index (χ1n) is 12.2. The maximum absolute atomic E-state index is 14.9. The van der Waals surface area contributed by atoms with Gasteiger partial charge < -0.3 is 9.67 Å². The molecule has 1 N–H and O–H groups in total. The van der Waals surface area contributed by atoms with E-state index in [1.807, 2.05) is 12.3 Å². The molecule has 2 aromatic carbocycles. The van der Waals surface area contributed by atoms with Crippen LogP contribution in [0.2, 0.25) is 0 Å². The van der Waals surface area contributed by atoms with Crippen molar-refractivity contribution in [1.82, 2.24) is 9.55 Å². The number of rotatable bonds is 4. The summed E-state index contributed by atoms with van der Waals surface area (Å²) in [5.41, 5.74) is 4.09. The average Bonchev–Trinajstić information content (AvgIpc) is 3.37. The smallest absolute Gasteiger partial charge is 0.129 e. The number of nitrogens with zero attached hydrogens (tertiary/aromatic N) is 2. The fourth-order valence-corrected chi connectivity index (χ4v) is 8.41. The molecule has 4 heteroatoms. The van der Waals surface area contributed by atoms with E-state index in [4.69, 9.17) is 0 Å². The lowest BCUT2D eigenvalue weighted by Gasteiger charge is -2.62. The van der Waals surface area contributed by atoms with Gasteiger partial charge in [-0.2, -0.15) is 0 Å². The van der Waals surface area contributed by atoms with Crippen molar-refractivity contribution in [2.24, 2.45) is 23.2 Å². The lowest BCUT2D eigenvalue weighted by Crippen LogP contribution is -2.54. The number of hydrogen-bond donors (Lipinski definition) is 1. The van der Waals surface area contributed by atoms with Crippen molar-refractivity contribution >= 4 is 0 Å². The first-order chi connectivity index (χ1) is 15.6. The van der Waals surface area contributed by atoms with Crippen LogP contribution >= 0.6 is 0 Å².